The Morgan fingerprint density at radius 3 is 2.49 bits per heavy atom. The quantitative estimate of drug-likeness (QED) is 0.404. The van der Waals surface area contributed by atoms with Crippen LogP contribution in [0.15, 0.2) is 60.1 Å². The monoisotopic (exact) mass is 523 g/mol. The van der Waals surface area contributed by atoms with Gasteiger partial charge in [0.05, 0.1) is 18.4 Å². The molecule has 0 saturated heterocycles. The minimum Gasteiger partial charge on any atom is -0.463 e. The predicted octanol–water partition coefficient (Wildman–Crippen LogP) is 5.11. The van der Waals surface area contributed by atoms with Crippen molar-refractivity contribution in [3.8, 4) is 5.88 Å². The van der Waals surface area contributed by atoms with E-state index in [0.29, 0.717) is 30.3 Å². The first-order valence-corrected chi connectivity index (χ1v) is 13.7. The van der Waals surface area contributed by atoms with Gasteiger partial charge in [-0.25, -0.2) is 14.5 Å². The van der Waals surface area contributed by atoms with Crippen molar-refractivity contribution in [1.29, 1.82) is 0 Å². The summed E-state index contributed by atoms with van der Waals surface area (Å²) < 4.78 is 29.1. The lowest BCUT2D eigenvalue weighted by Gasteiger charge is -2.32. The van der Waals surface area contributed by atoms with E-state index in [4.69, 9.17) is 24.5 Å². The number of hydrogen-bond acceptors (Lipinski definition) is 9. The Hall–Kier alpha value is -3.17. The molecule has 3 heterocycles. The molecule has 1 atom stereocenters. The molecule has 11 heteroatoms. The predicted molar refractivity (Wildman–Crippen MR) is 139 cm³/mol. The van der Waals surface area contributed by atoms with E-state index in [0.717, 1.165) is 29.7 Å². The highest BCUT2D eigenvalue weighted by Crippen LogP contribution is 2.48. The van der Waals surface area contributed by atoms with Crippen LogP contribution in [0.2, 0.25) is 0 Å². The number of hydrogen-bond donors (Lipinski definition) is 2. The van der Waals surface area contributed by atoms with Gasteiger partial charge in [0.2, 0.25) is 5.88 Å². The topological polar surface area (TPSA) is 142 Å². The first-order valence-electron chi connectivity index (χ1n) is 12.2. The summed E-state index contributed by atoms with van der Waals surface area (Å²) in [5.41, 5.74) is 9.43. The minimum absolute atomic E-state index is 0.00364. The SMILES string of the molecule is CC1(C)Oc2ncnc(N)c2N=C1c1ccc([C@H]2CC[C@H](OP(=O)(O)OCc3ccncc3)CC2)cc1. The van der Waals surface area contributed by atoms with Crippen molar-refractivity contribution in [2.75, 3.05) is 5.73 Å². The molecule has 37 heavy (non-hydrogen) atoms. The van der Waals surface area contributed by atoms with E-state index >= 15 is 0 Å². The molecule has 194 valence electrons. The zero-order valence-electron chi connectivity index (χ0n) is 20.8. The van der Waals surface area contributed by atoms with E-state index in [1.807, 2.05) is 26.0 Å². The summed E-state index contributed by atoms with van der Waals surface area (Å²) in [5.74, 6) is 1.00. The number of fused-ring (bicyclic) bond motifs is 1. The number of nitrogen functional groups attached to an aromatic ring is 1. The Morgan fingerprint density at radius 2 is 1.78 bits per heavy atom. The Labute approximate surface area is 215 Å². The number of aliphatic imine (C=N–C) groups is 1. The number of pyridine rings is 1. The molecule has 10 nitrogen and oxygen atoms in total. The van der Waals surface area contributed by atoms with Gasteiger partial charge in [-0.2, -0.15) is 4.98 Å². The molecular formula is C26H30N5O5P. The van der Waals surface area contributed by atoms with E-state index in [-0.39, 0.29) is 18.5 Å². The third-order valence-electron chi connectivity index (χ3n) is 6.72. The second kappa shape index (κ2) is 10.3. The van der Waals surface area contributed by atoms with Crippen LogP contribution in [0.1, 0.15) is 62.1 Å². The number of aromatic nitrogens is 3. The van der Waals surface area contributed by atoms with Gasteiger partial charge >= 0.3 is 7.82 Å². The summed E-state index contributed by atoms with van der Waals surface area (Å²) in [4.78, 5) is 27.0. The highest BCUT2D eigenvalue weighted by Gasteiger charge is 2.35. The summed E-state index contributed by atoms with van der Waals surface area (Å²) in [6.07, 6.45) is 7.34. The molecule has 1 aliphatic heterocycles. The van der Waals surface area contributed by atoms with Crippen molar-refractivity contribution < 1.29 is 23.2 Å². The summed E-state index contributed by atoms with van der Waals surface area (Å²) in [5, 5.41) is 0. The molecule has 1 fully saturated rings. The van der Waals surface area contributed by atoms with E-state index in [1.54, 1.807) is 24.5 Å². The van der Waals surface area contributed by atoms with Gasteiger partial charge < -0.3 is 15.4 Å². The maximum absolute atomic E-state index is 12.4. The fourth-order valence-corrected chi connectivity index (χ4v) is 5.73. The molecule has 1 unspecified atom stereocenters. The third kappa shape index (κ3) is 5.88. The number of benzene rings is 1. The molecule has 0 radical (unpaired) electrons. The van der Waals surface area contributed by atoms with Crippen LogP contribution >= 0.6 is 7.82 Å². The van der Waals surface area contributed by atoms with E-state index in [1.165, 1.54) is 11.9 Å². The molecule has 3 N–H and O–H groups in total. The Bertz CT molecular complexity index is 1320. The highest BCUT2D eigenvalue weighted by atomic mass is 31.2. The average molecular weight is 524 g/mol. The number of phosphoric acid groups is 1. The summed E-state index contributed by atoms with van der Waals surface area (Å²) in [6, 6.07) is 11.8. The molecule has 1 aromatic carbocycles. The third-order valence-corrected chi connectivity index (χ3v) is 7.74. The molecule has 3 aromatic rings. The second-order valence-corrected chi connectivity index (χ2v) is 11.2. The summed E-state index contributed by atoms with van der Waals surface area (Å²) in [6.45, 7) is 3.89. The lowest BCUT2D eigenvalue weighted by molar-refractivity contribution is 0.0755. The van der Waals surface area contributed by atoms with Crippen LogP contribution in [0.5, 0.6) is 5.88 Å². The molecule has 2 aromatic heterocycles. The normalized spacial score (nSPS) is 22.3. The second-order valence-electron chi connectivity index (χ2n) is 9.78. The Morgan fingerprint density at radius 1 is 1.08 bits per heavy atom. The summed E-state index contributed by atoms with van der Waals surface area (Å²) in [7, 11) is -4.14. The molecule has 0 spiro atoms. The standard InChI is InChI=1S/C26H30N5O5P/c1-26(2)23(31-22-24(27)29-16-30-25(22)35-26)20-5-3-18(4-6-20)19-7-9-21(10-8-19)36-37(32,33)34-15-17-11-13-28-14-12-17/h3-6,11-14,16,19,21H,7-10,15H2,1-2H3,(H,32,33)(H2,27,29,30)/t19-,21-. The number of nitrogens with zero attached hydrogens (tertiary/aromatic N) is 4. The first-order chi connectivity index (χ1) is 17.7. The lowest BCUT2D eigenvalue weighted by atomic mass is 9.82. The van der Waals surface area contributed by atoms with Crippen LogP contribution in [0.25, 0.3) is 0 Å². The van der Waals surface area contributed by atoms with E-state index in [9.17, 15) is 9.46 Å². The Balaban J connectivity index is 1.20. The summed E-state index contributed by atoms with van der Waals surface area (Å²) >= 11 is 0. The highest BCUT2D eigenvalue weighted by molar-refractivity contribution is 7.47. The number of phosphoric ester groups is 1. The smallest absolute Gasteiger partial charge is 0.463 e. The molecule has 5 rings (SSSR count). The van der Waals surface area contributed by atoms with Gasteiger partial charge in [-0.15, -0.1) is 0 Å². The largest absolute Gasteiger partial charge is 0.472 e. The minimum atomic E-state index is -4.14. The van der Waals surface area contributed by atoms with Crippen molar-refractivity contribution in [2.24, 2.45) is 4.99 Å². The van der Waals surface area contributed by atoms with Gasteiger partial charge in [-0.05, 0) is 68.7 Å². The number of nitrogens with two attached hydrogens (primary N) is 1. The first kappa shape index (κ1) is 25.5. The Kier molecular flexibility index (Phi) is 7.09. The van der Waals surface area contributed by atoms with Crippen molar-refractivity contribution in [2.45, 2.75) is 63.8 Å². The zero-order chi connectivity index (χ0) is 26.0. The van der Waals surface area contributed by atoms with Gasteiger partial charge in [0.25, 0.3) is 0 Å². The van der Waals surface area contributed by atoms with Crippen LogP contribution in [-0.2, 0) is 20.2 Å². The van der Waals surface area contributed by atoms with Gasteiger partial charge in [0.1, 0.15) is 11.9 Å². The molecule has 1 aliphatic carbocycles. The van der Waals surface area contributed by atoms with Crippen LogP contribution in [0.4, 0.5) is 11.5 Å². The maximum Gasteiger partial charge on any atom is 0.472 e. The number of ether oxygens (including phenoxy) is 1. The molecule has 0 amide bonds. The van der Waals surface area contributed by atoms with Crippen molar-refractivity contribution in [1.82, 2.24) is 15.0 Å². The molecule has 0 bridgehead atoms. The fourth-order valence-electron chi connectivity index (χ4n) is 4.77. The molecule has 2 aliphatic rings. The van der Waals surface area contributed by atoms with Crippen LogP contribution in [0.3, 0.4) is 0 Å². The van der Waals surface area contributed by atoms with Crippen molar-refractivity contribution >= 4 is 25.0 Å². The van der Waals surface area contributed by atoms with Crippen molar-refractivity contribution in [3.63, 3.8) is 0 Å². The number of rotatable bonds is 7. The lowest BCUT2D eigenvalue weighted by Crippen LogP contribution is -2.41. The average Bonchev–Trinajstić information content (AvgIpc) is 2.88. The molecular weight excluding hydrogens is 493 g/mol. The van der Waals surface area contributed by atoms with E-state index in [2.05, 4.69) is 27.1 Å². The maximum atomic E-state index is 12.4. The zero-order valence-corrected chi connectivity index (χ0v) is 21.7. The van der Waals surface area contributed by atoms with Gasteiger partial charge in [0.15, 0.2) is 11.5 Å². The fraction of sp³-hybridized carbons (Fsp3) is 0.385. The van der Waals surface area contributed by atoms with Crippen LogP contribution < -0.4 is 10.5 Å². The van der Waals surface area contributed by atoms with Crippen LogP contribution in [-0.4, -0.2) is 37.3 Å². The van der Waals surface area contributed by atoms with Crippen LogP contribution in [0, 0.1) is 0 Å². The van der Waals surface area contributed by atoms with Gasteiger partial charge in [-0.1, -0.05) is 24.3 Å². The van der Waals surface area contributed by atoms with E-state index < -0.39 is 13.4 Å². The molecule has 1 saturated carbocycles. The van der Waals surface area contributed by atoms with Crippen molar-refractivity contribution in [3.05, 3.63) is 71.8 Å². The van der Waals surface area contributed by atoms with Gasteiger partial charge in [0, 0.05) is 18.0 Å². The van der Waals surface area contributed by atoms with Gasteiger partial charge in [-0.3, -0.25) is 14.0 Å². The number of anilines is 1.